The highest BCUT2D eigenvalue weighted by atomic mass is 32.2. The predicted octanol–water partition coefficient (Wildman–Crippen LogP) is 2.16. The van der Waals surface area contributed by atoms with Gasteiger partial charge in [-0.2, -0.15) is 22.1 Å². The predicted molar refractivity (Wildman–Crippen MR) is 122 cm³/mol. The van der Waals surface area contributed by atoms with Gasteiger partial charge in [-0.3, -0.25) is 4.90 Å². The summed E-state index contributed by atoms with van der Waals surface area (Å²) < 4.78 is 40.0. The minimum absolute atomic E-state index is 0.0794. The molecule has 0 aromatic carbocycles. The molecule has 0 amide bonds. The number of rotatable bonds is 5. The van der Waals surface area contributed by atoms with Gasteiger partial charge in [-0.1, -0.05) is 19.3 Å². The van der Waals surface area contributed by atoms with Gasteiger partial charge in [0.05, 0.1) is 18.9 Å². The van der Waals surface area contributed by atoms with Crippen LogP contribution in [0.5, 0.6) is 0 Å². The topological polar surface area (TPSA) is 75.8 Å². The molecule has 0 spiro atoms. The SMILES string of the molecule is Cc1nn(CN2CCN(S(=O)(=O)N3CC(C)OC(C)C3)CC2)c(=S)n1C1CCCCC1. The van der Waals surface area contributed by atoms with E-state index in [0.717, 1.165) is 10.6 Å². The summed E-state index contributed by atoms with van der Waals surface area (Å²) in [5, 5.41) is 4.72. The van der Waals surface area contributed by atoms with Crippen LogP contribution in [0, 0.1) is 11.7 Å². The third-order valence-corrected chi connectivity index (χ3v) is 9.06. The van der Waals surface area contributed by atoms with Crippen LogP contribution >= 0.6 is 12.2 Å². The number of piperazine rings is 1. The van der Waals surface area contributed by atoms with Gasteiger partial charge in [0.25, 0.3) is 10.2 Å². The molecular weight excluding hydrogens is 436 g/mol. The fourth-order valence-electron chi connectivity index (χ4n) is 5.15. The van der Waals surface area contributed by atoms with E-state index in [1.54, 1.807) is 8.61 Å². The molecule has 0 N–H and O–H groups in total. The number of ether oxygens (including phenoxy) is 1. The molecule has 2 unspecified atom stereocenters. The summed E-state index contributed by atoms with van der Waals surface area (Å²) in [5.41, 5.74) is 0. The minimum atomic E-state index is -3.46. The van der Waals surface area contributed by atoms with Crippen LogP contribution in [-0.4, -0.2) is 87.8 Å². The maximum absolute atomic E-state index is 13.1. The molecule has 2 saturated heterocycles. The van der Waals surface area contributed by atoms with E-state index in [-0.39, 0.29) is 12.2 Å². The summed E-state index contributed by atoms with van der Waals surface area (Å²) in [7, 11) is -3.46. The number of nitrogens with zero attached hydrogens (tertiary/aromatic N) is 6. The van der Waals surface area contributed by atoms with Gasteiger partial charge >= 0.3 is 0 Å². The van der Waals surface area contributed by atoms with Crippen LogP contribution in [-0.2, 0) is 21.6 Å². The maximum Gasteiger partial charge on any atom is 0.282 e. The Balaban J connectivity index is 1.37. The summed E-state index contributed by atoms with van der Waals surface area (Å²) in [5.74, 6) is 0.980. The van der Waals surface area contributed by atoms with Crippen molar-refractivity contribution in [3.8, 4) is 0 Å². The molecule has 31 heavy (non-hydrogen) atoms. The molecule has 0 bridgehead atoms. The Kier molecular flexibility index (Phi) is 7.19. The van der Waals surface area contributed by atoms with Crippen LogP contribution in [0.1, 0.15) is 57.8 Å². The second-order valence-corrected chi connectivity index (χ2v) is 11.5. The van der Waals surface area contributed by atoms with Crippen molar-refractivity contribution in [3.05, 3.63) is 10.6 Å². The highest BCUT2D eigenvalue weighted by Gasteiger charge is 2.36. The van der Waals surface area contributed by atoms with E-state index >= 15 is 0 Å². The highest BCUT2D eigenvalue weighted by molar-refractivity contribution is 7.86. The molecule has 2 aliphatic heterocycles. The number of hydrogen-bond acceptors (Lipinski definition) is 6. The van der Waals surface area contributed by atoms with Crippen LogP contribution in [0.15, 0.2) is 0 Å². The summed E-state index contributed by atoms with van der Waals surface area (Å²) >= 11 is 5.76. The van der Waals surface area contributed by atoms with E-state index in [2.05, 4.69) is 9.47 Å². The molecule has 1 aliphatic carbocycles. The van der Waals surface area contributed by atoms with Crippen LogP contribution in [0.2, 0.25) is 0 Å². The van der Waals surface area contributed by atoms with E-state index < -0.39 is 10.2 Å². The first-order valence-electron chi connectivity index (χ1n) is 11.5. The van der Waals surface area contributed by atoms with Gasteiger partial charge < -0.3 is 9.30 Å². The number of aromatic nitrogens is 3. The Bertz CT molecular complexity index is 906. The van der Waals surface area contributed by atoms with E-state index in [1.807, 2.05) is 25.5 Å². The zero-order valence-corrected chi connectivity index (χ0v) is 20.6. The number of hydrogen-bond donors (Lipinski definition) is 0. The maximum atomic E-state index is 13.1. The molecule has 2 atom stereocenters. The second-order valence-electron chi connectivity index (χ2n) is 9.23. The lowest BCUT2D eigenvalue weighted by molar-refractivity contribution is -0.0458. The molecule has 1 aromatic heterocycles. The summed E-state index contributed by atoms with van der Waals surface area (Å²) in [6, 6.07) is 0.468. The Morgan fingerprint density at radius 2 is 1.61 bits per heavy atom. The summed E-state index contributed by atoms with van der Waals surface area (Å²) in [6.07, 6.45) is 6.02. The van der Waals surface area contributed by atoms with Crippen molar-refractivity contribution in [2.75, 3.05) is 39.3 Å². The summed E-state index contributed by atoms with van der Waals surface area (Å²) in [6.45, 7) is 9.64. The molecule has 0 radical (unpaired) electrons. The van der Waals surface area contributed by atoms with Gasteiger partial charge in [0, 0.05) is 45.3 Å². The molecule has 1 saturated carbocycles. The van der Waals surface area contributed by atoms with Crippen molar-refractivity contribution in [1.82, 2.24) is 27.9 Å². The monoisotopic (exact) mass is 472 g/mol. The fraction of sp³-hybridized carbons (Fsp3) is 0.900. The number of aryl methyl sites for hydroxylation is 1. The molecule has 4 rings (SSSR count). The van der Waals surface area contributed by atoms with E-state index in [4.69, 9.17) is 22.1 Å². The van der Waals surface area contributed by atoms with Gasteiger partial charge in [-0.25, -0.2) is 4.68 Å². The average molecular weight is 473 g/mol. The molecule has 1 aromatic rings. The van der Waals surface area contributed by atoms with E-state index in [0.29, 0.717) is 52.0 Å². The van der Waals surface area contributed by atoms with Gasteiger partial charge in [-0.15, -0.1) is 0 Å². The largest absolute Gasteiger partial charge is 0.373 e. The molecule has 3 fully saturated rings. The summed E-state index contributed by atoms with van der Waals surface area (Å²) in [4.78, 5) is 2.24. The molecular formula is C20H36N6O3S2. The van der Waals surface area contributed by atoms with Gasteiger partial charge in [0.2, 0.25) is 0 Å². The van der Waals surface area contributed by atoms with Crippen molar-refractivity contribution >= 4 is 22.4 Å². The standard InChI is InChI=1S/C20H36N6O3S2/c1-16-13-24(14-17(2)29-16)31(27,28)23-11-9-22(10-12-23)15-25-20(30)26(18(3)21-25)19-7-5-4-6-8-19/h16-17,19H,4-15H2,1-3H3. The third kappa shape index (κ3) is 5.06. The zero-order valence-electron chi connectivity index (χ0n) is 18.9. The van der Waals surface area contributed by atoms with Crippen molar-refractivity contribution in [3.63, 3.8) is 0 Å². The van der Waals surface area contributed by atoms with Crippen LogP contribution in [0.3, 0.4) is 0 Å². The first-order chi connectivity index (χ1) is 14.8. The zero-order chi connectivity index (χ0) is 22.2. The first-order valence-corrected chi connectivity index (χ1v) is 13.3. The lowest BCUT2D eigenvalue weighted by atomic mass is 9.95. The van der Waals surface area contributed by atoms with Crippen molar-refractivity contribution in [1.29, 1.82) is 0 Å². The van der Waals surface area contributed by atoms with Crippen LogP contribution in [0.25, 0.3) is 0 Å². The van der Waals surface area contributed by atoms with Crippen molar-refractivity contribution < 1.29 is 13.2 Å². The normalized spacial score (nSPS) is 28.2. The Morgan fingerprint density at radius 3 is 2.23 bits per heavy atom. The number of morpholine rings is 1. The minimum Gasteiger partial charge on any atom is -0.373 e. The molecule has 176 valence electrons. The van der Waals surface area contributed by atoms with Crippen LogP contribution in [0.4, 0.5) is 0 Å². The fourth-order valence-corrected chi connectivity index (χ4v) is 7.28. The smallest absolute Gasteiger partial charge is 0.282 e. The Morgan fingerprint density at radius 1 is 1.00 bits per heavy atom. The van der Waals surface area contributed by atoms with E-state index in [1.165, 1.54) is 32.1 Å². The average Bonchev–Trinajstić information content (AvgIpc) is 3.01. The quantitative estimate of drug-likeness (QED) is 0.612. The van der Waals surface area contributed by atoms with Gasteiger partial charge in [0.15, 0.2) is 4.77 Å². The lowest BCUT2D eigenvalue weighted by Crippen LogP contribution is -2.57. The van der Waals surface area contributed by atoms with Gasteiger partial charge in [-0.05, 0) is 45.8 Å². The van der Waals surface area contributed by atoms with Crippen molar-refractivity contribution in [2.24, 2.45) is 0 Å². The molecule has 3 heterocycles. The molecule has 3 aliphatic rings. The van der Waals surface area contributed by atoms with Crippen molar-refractivity contribution in [2.45, 2.75) is 77.8 Å². The lowest BCUT2D eigenvalue weighted by Gasteiger charge is -2.40. The van der Waals surface area contributed by atoms with Crippen LogP contribution < -0.4 is 0 Å². The highest BCUT2D eigenvalue weighted by Crippen LogP contribution is 2.29. The third-order valence-electron chi connectivity index (χ3n) is 6.68. The Labute approximate surface area is 191 Å². The Hall–Kier alpha value is -0.850. The van der Waals surface area contributed by atoms with E-state index in [9.17, 15) is 8.42 Å². The molecule has 11 heteroatoms. The molecule has 9 nitrogen and oxygen atoms in total. The van der Waals surface area contributed by atoms with Gasteiger partial charge in [0.1, 0.15) is 5.82 Å². The first kappa shape index (κ1) is 23.3. The second kappa shape index (κ2) is 9.56.